The zero-order valence-corrected chi connectivity index (χ0v) is 15.3. The maximum atomic E-state index is 6.33. The molecule has 0 radical (unpaired) electrons. The number of ether oxygens (including phenoxy) is 6. The highest BCUT2D eigenvalue weighted by atomic mass is 16.6. The van der Waals surface area contributed by atoms with Crippen molar-refractivity contribution in [3.8, 4) is 23.0 Å². The van der Waals surface area contributed by atoms with Crippen molar-refractivity contribution in [3.05, 3.63) is 47.0 Å². The molecule has 6 nitrogen and oxygen atoms in total. The predicted octanol–water partition coefficient (Wildman–Crippen LogP) is 3.43. The first kappa shape index (κ1) is 17.0. The minimum Gasteiger partial charge on any atom is -0.497 e. The Morgan fingerprint density at radius 3 is 2.35 bits per heavy atom. The summed E-state index contributed by atoms with van der Waals surface area (Å²) in [6.07, 6.45) is -0.773. The summed E-state index contributed by atoms with van der Waals surface area (Å²) in [6, 6.07) is 9.65. The zero-order chi connectivity index (χ0) is 18.3. The molecule has 0 unspecified atom stereocenters. The fourth-order valence-corrected chi connectivity index (χ4v) is 3.71. The maximum Gasteiger partial charge on any atom is 0.161 e. The topological polar surface area (TPSA) is 55.4 Å². The molecule has 4 rings (SSSR count). The van der Waals surface area contributed by atoms with E-state index in [0.29, 0.717) is 18.1 Å². The SMILES string of the molecule is COc1ccc2c(c1)O[C@H]1c3cc(OC)c(OC)cc3CO[C@H]1[C@@H]2OC. The molecule has 26 heavy (non-hydrogen) atoms. The molecule has 138 valence electrons. The Labute approximate surface area is 152 Å². The van der Waals surface area contributed by atoms with Crippen LogP contribution in [0.4, 0.5) is 0 Å². The van der Waals surface area contributed by atoms with E-state index in [1.54, 1.807) is 28.4 Å². The molecule has 2 heterocycles. The summed E-state index contributed by atoms with van der Waals surface area (Å²) in [6.45, 7) is 0.464. The van der Waals surface area contributed by atoms with Gasteiger partial charge in [0.25, 0.3) is 0 Å². The van der Waals surface area contributed by atoms with E-state index in [-0.39, 0.29) is 18.3 Å². The second-order valence-electron chi connectivity index (χ2n) is 6.28. The molecule has 3 atom stereocenters. The lowest BCUT2D eigenvalue weighted by atomic mass is 9.87. The highest BCUT2D eigenvalue weighted by molar-refractivity contribution is 5.51. The van der Waals surface area contributed by atoms with Crippen molar-refractivity contribution in [2.24, 2.45) is 0 Å². The van der Waals surface area contributed by atoms with Gasteiger partial charge >= 0.3 is 0 Å². The minimum atomic E-state index is -0.303. The first-order chi connectivity index (χ1) is 12.7. The largest absolute Gasteiger partial charge is 0.497 e. The van der Waals surface area contributed by atoms with E-state index < -0.39 is 0 Å². The van der Waals surface area contributed by atoms with Gasteiger partial charge < -0.3 is 28.4 Å². The van der Waals surface area contributed by atoms with Crippen LogP contribution in [-0.4, -0.2) is 34.5 Å². The monoisotopic (exact) mass is 358 g/mol. The van der Waals surface area contributed by atoms with E-state index >= 15 is 0 Å². The molecular formula is C20H22O6. The van der Waals surface area contributed by atoms with Crippen molar-refractivity contribution in [1.29, 1.82) is 0 Å². The Kier molecular flexibility index (Phi) is 4.38. The summed E-state index contributed by atoms with van der Waals surface area (Å²) < 4.78 is 34.4. The third-order valence-corrected chi connectivity index (χ3v) is 5.02. The Bertz CT molecular complexity index is 818. The van der Waals surface area contributed by atoms with E-state index in [4.69, 9.17) is 28.4 Å². The number of fused-ring (bicyclic) bond motifs is 4. The van der Waals surface area contributed by atoms with Gasteiger partial charge in [0, 0.05) is 24.3 Å². The van der Waals surface area contributed by atoms with Crippen LogP contribution < -0.4 is 18.9 Å². The van der Waals surface area contributed by atoms with Crippen LogP contribution in [0.15, 0.2) is 30.3 Å². The van der Waals surface area contributed by atoms with Crippen LogP contribution in [0.1, 0.15) is 28.9 Å². The Morgan fingerprint density at radius 1 is 0.885 bits per heavy atom. The molecule has 0 fully saturated rings. The van der Waals surface area contributed by atoms with E-state index in [9.17, 15) is 0 Å². The normalized spacial score (nSPS) is 23.2. The van der Waals surface area contributed by atoms with Gasteiger partial charge in [0.15, 0.2) is 17.6 Å². The molecule has 0 aliphatic carbocycles. The number of hydrogen-bond acceptors (Lipinski definition) is 6. The average molecular weight is 358 g/mol. The van der Waals surface area contributed by atoms with E-state index in [2.05, 4.69) is 0 Å². The molecule has 0 saturated heterocycles. The van der Waals surface area contributed by atoms with Gasteiger partial charge in [-0.3, -0.25) is 0 Å². The van der Waals surface area contributed by atoms with Crippen LogP contribution in [0.25, 0.3) is 0 Å². The predicted molar refractivity (Wildman–Crippen MR) is 94.2 cm³/mol. The maximum absolute atomic E-state index is 6.33. The van der Waals surface area contributed by atoms with Crippen LogP contribution in [0.3, 0.4) is 0 Å². The summed E-state index contributed by atoms with van der Waals surface area (Å²) in [7, 11) is 6.57. The number of methoxy groups -OCH3 is 4. The lowest BCUT2D eigenvalue weighted by molar-refractivity contribution is -0.138. The van der Waals surface area contributed by atoms with Gasteiger partial charge in [-0.2, -0.15) is 0 Å². The van der Waals surface area contributed by atoms with Gasteiger partial charge in [0.1, 0.15) is 23.7 Å². The molecule has 2 aromatic rings. The Morgan fingerprint density at radius 2 is 1.65 bits per heavy atom. The van der Waals surface area contributed by atoms with Crippen LogP contribution in [-0.2, 0) is 16.1 Å². The second kappa shape index (κ2) is 6.70. The van der Waals surface area contributed by atoms with Crippen molar-refractivity contribution in [3.63, 3.8) is 0 Å². The first-order valence-electron chi connectivity index (χ1n) is 8.44. The van der Waals surface area contributed by atoms with E-state index in [1.165, 1.54) is 0 Å². The standard InChI is InChI=1S/C20H22O6/c1-21-12-5-6-13-15(8-12)26-19-14-9-17(23-3)16(22-2)7-11(14)10-25-20(19)18(13)24-4/h5-9,18-20H,10H2,1-4H3/t18-,19+,20+/m1/s1. The van der Waals surface area contributed by atoms with E-state index in [0.717, 1.165) is 28.2 Å². The molecule has 2 aromatic carbocycles. The highest BCUT2D eigenvalue weighted by Crippen LogP contribution is 2.49. The summed E-state index contributed by atoms with van der Waals surface area (Å²) in [5.74, 6) is 2.82. The van der Waals surface area contributed by atoms with Gasteiger partial charge in [-0.05, 0) is 29.8 Å². The number of hydrogen-bond donors (Lipinski definition) is 0. The zero-order valence-electron chi connectivity index (χ0n) is 15.3. The summed E-state index contributed by atoms with van der Waals surface area (Å²) in [5, 5.41) is 0. The Hall–Kier alpha value is -2.44. The minimum absolute atomic E-state index is 0.226. The van der Waals surface area contributed by atoms with Gasteiger partial charge in [-0.1, -0.05) is 0 Å². The third-order valence-electron chi connectivity index (χ3n) is 5.02. The molecule has 6 heteroatoms. The van der Waals surface area contributed by atoms with Crippen molar-refractivity contribution in [2.75, 3.05) is 28.4 Å². The van der Waals surface area contributed by atoms with Gasteiger partial charge in [-0.25, -0.2) is 0 Å². The summed E-state index contributed by atoms with van der Waals surface area (Å²) in [4.78, 5) is 0. The quantitative estimate of drug-likeness (QED) is 0.835. The van der Waals surface area contributed by atoms with Crippen LogP contribution in [0, 0.1) is 0 Å². The molecular weight excluding hydrogens is 336 g/mol. The fourth-order valence-electron chi connectivity index (χ4n) is 3.71. The molecule has 0 amide bonds. The van der Waals surface area contributed by atoms with Crippen molar-refractivity contribution < 1.29 is 28.4 Å². The summed E-state index contributed by atoms with van der Waals surface area (Å²) >= 11 is 0. The van der Waals surface area contributed by atoms with Gasteiger partial charge in [0.2, 0.25) is 0 Å². The molecule has 0 saturated carbocycles. The molecule has 0 bridgehead atoms. The summed E-state index contributed by atoms with van der Waals surface area (Å²) in [5.41, 5.74) is 3.00. The lowest BCUT2D eigenvalue weighted by Gasteiger charge is -2.42. The third kappa shape index (κ3) is 2.57. The molecule has 2 aliphatic rings. The van der Waals surface area contributed by atoms with Gasteiger partial charge in [0.05, 0.1) is 27.9 Å². The average Bonchev–Trinajstić information content (AvgIpc) is 2.70. The number of benzene rings is 2. The second-order valence-corrected chi connectivity index (χ2v) is 6.28. The molecule has 0 aromatic heterocycles. The molecule has 0 spiro atoms. The van der Waals surface area contributed by atoms with Gasteiger partial charge in [-0.15, -0.1) is 0 Å². The van der Waals surface area contributed by atoms with Crippen LogP contribution in [0.5, 0.6) is 23.0 Å². The smallest absolute Gasteiger partial charge is 0.161 e. The van der Waals surface area contributed by atoms with Crippen molar-refractivity contribution in [1.82, 2.24) is 0 Å². The van der Waals surface area contributed by atoms with Crippen molar-refractivity contribution >= 4 is 0 Å². The van der Waals surface area contributed by atoms with Crippen LogP contribution in [0.2, 0.25) is 0 Å². The first-order valence-corrected chi connectivity index (χ1v) is 8.44. The van der Waals surface area contributed by atoms with Crippen molar-refractivity contribution in [2.45, 2.75) is 24.9 Å². The van der Waals surface area contributed by atoms with Crippen LogP contribution >= 0.6 is 0 Å². The lowest BCUT2D eigenvalue weighted by Crippen LogP contribution is -2.40. The molecule has 2 aliphatic heterocycles. The van der Waals surface area contributed by atoms with E-state index in [1.807, 2.05) is 30.3 Å². The fraction of sp³-hybridized carbons (Fsp3) is 0.400. The molecule has 0 N–H and O–H groups in total. The highest BCUT2D eigenvalue weighted by Gasteiger charge is 2.44. The number of rotatable bonds is 4. The Balaban J connectivity index is 1.81.